The van der Waals surface area contributed by atoms with Gasteiger partial charge in [0.05, 0.1) is 5.56 Å². The lowest BCUT2D eigenvalue weighted by Gasteiger charge is -2.17. The highest BCUT2D eigenvalue weighted by atomic mass is 32.1. The molecule has 1 amide bonds. The second kappa shape index (κ2) is 4.32. The number of thiophene rings is 1. The molecule has 2 atom stereocenters. The van der Waals surface area contributed by atoms with E-state index in [1.165, 1.54) is 11.1 Å². The molecule has 1 N–H and O–H groups in total. The zero-order valence-corrected chi connectivity index (χ0v) is 11.5. The van der Waals surface area contributed by atoms with E-state index in [1.807, 2.05) is 28.5 Å². The van der Waals surface area contributed by atoms with Crippen molar-refractivity contribution in [2.75, 3.05) is 19.6 Å². The van der Waals surface area contributed by atoms with Crippen LogP contribution in [-0.2, 0) is 0 Å². The molecule has 0 radical (unpaired) electrons. The number of likely N-dealkylation sites (tertiary alicyclic amines) is 1. The van der Waals surface area contributed by atoms with Gasteiger partial charge in [-0.3, -0.25) is 4.79 Å². The van der Waals surface area contributed by atoms with Crippen molar-refractivity contribution in [3.8, 4) is 0 Å². The van der Waals surface area contributed by atoms with Crippen LogP contribution in [0.3, 0.4) is 0 Å². The Balaban J connectivity index is 1.64. The highest BCUT2D eigenvalue weighted by Crippen LogP contribution is 2.30. The van der Waals surface area contributed by atoms with Gasteiger partial charge in [0.2, 0.25) is 0 Å². The van der Waals surface area contributed by atoms with E-state index in [-0.39, 0.29) is 5.91 Å². The first-order valence-corrected chi connectivity index (χ1v) is 7.70. The van der Waals surface area contributed by atoms with Crippen molar-refractivity contribution in [3.63, 3.8) is 0 Å². The minimum atomic E-state index is 0.202. The number of carbonyl (C=O) groups is 1. The van der Waals surface area contributed by atoms with Crippen LogP contribution < -0.4 is 5.32 Å². The van der Waals surface area contributed by atoms with Crippen LogP contribution >= 0.6 is 11.3 Å². The first-order chi connectivity index (χ1) is 9.33. The molecular formula is C15H16N2OS. The fraction of sp³-hybridized carbons (Fsp3) is 0.400. The second-order valence-electron chi connectivity index (χ2n) is 5.47. The Morgan fingerprint density at radius 3 is 3.11 bits per heavy atom. The summed E-state index contributed by atoms with van der Waals surface area (Å²) in [5, 5.41) is 6.60. The first kappa shape index (κ1) is 11.4. The maximum absolute atomic E-state index is 12.7. The predicted octanol–water partition coefficient (Wildman–Crippen LogP) is 2.34. The Morgan fingerprint density at radius 2 is 2.21 bits per heavy atom. The molecule has 0 unspecified atom stereocenters. The molecule has 2 aliphatic rings. The molecule has 3 nitrogen and oxygen atoms in total. The van der Waals surface area contributed by atoms with E-state index in [1.54, 1.807) is 11.3 Å². The van der Waals surface area contributed by atoms with Gasteiger partial charge < -0.3 is 10.2 Å². The Hall–Kier alpha value is -1.39. The largest absolute Gasteiger partial charge is 0.337 e. The summed E-state index contributed by atoms with van der Waals surface area (Å²) < 4.78 is 1.20. The van der Waals surface area contributed by atoms with Gasteiger partial charge in [-0.05, 0) is 24.9 Å². The lowest BCUT2D eigenvalue weighted by Crippen LogP contribution is -2.33. The van der Waals surface area contributed by atoms with Crippen LogP contribution in [0.1, 0.15) is 16.8 Å². The lowest BCUT2D eigenvalue weighted by atomic mass is 10.1. The number of rotatable bonds is 1. The van der Waals surface area contributed by atoms with Crippen LogP contribution in [-0.4, -0.2) is 36.5 Å². The van der Waals surface area contributed by atoms with Crippen molar-refractivity contribution in [3.05, 3.63) is 35.2 Å². The molecule has 4 rings (SSSR count). The van der Waals surface area contributed by atoms with Crippen molar-refractivity contribution >= 4 is 27.3 Å². The molecule has 0 saturated carbocycles. The normalized spacial score (nSPS) is 26.0. The van der Waals surface area contributed by atoms with Crippen LogP contribution in [0.25, 0.3) is 10.1 Å². The number of hydrogen-bond donors (Lipinski definition) is 1. The summed E-state index contributed by atoms with van der Waals surface area (Å²) in [6.07, 6.45) is 1.21. The number of nitrogens with zero attached hydrogens (tertiary/aromatic N) is 1. The van der Waals surface area contributed by atoms with Gasteiger partial charge in [-0.2, -0.15) is 0 Å². The summed E-state index contributed by atoms with van der Waals surface area (Å²) in [6.45, 7) is 2.90. The number of hydrogen-bond acceptors (Lipinski definition) is 3. The molecule has 98 valence electrons. The Bertz CT molecular complexity index is 624. The fourth-order valence-corrected chi connectivity index (χ4v) is 4.26. The van der Waals surface area contributed by atoms with Crippen molar-refractivity contribution in [1.29, 1.82) is 0 Å². The van der Waals surface area contributed by atoms with Gasteiger partial charge in [0.15, 0.2) is 0 Å². The Kier molecular flexibility index (Phi) is 2.60. The number of amides is 1. The number of fused-ring (bicyclic) bond motifs is 2. The number of nitrogens with one attached hydrogen (secondary N) is 1. The number of carbonyl (C=O) groups excluding carboxylic acids is 1. The molecule has 2 aromatic rings. The maximum atomic E-state index is 12.7. The van der Waals surface area contributed by atoms with E-state index < -0.39 is 0 Å². The second-order valence-corrected chi connectivity index (χ2v) is 6.38. The molecule has 0 spiro atoms. The average Bonchev–Trinajstić information content (AvgIpc) is 3.11. The smallest absolute Gasteiger partial charge is 0.255 e. The third-order valence-electron chi connectivity index (χ3n) is 4.36. The van der Waals surface area contributed by atoms with E-state index in [2.05, 4.69) is 11.4 Å². The molecule has 2 aliphatic heterocycles. The molecule has 1 aromatic carbocycles. The summed E-state index contributed by atoms with van der Waals surface area (Å²) in [5.41, 5.74) is 0.876. The fourth-order valence-electron chi connectivity index (χ4n) is 3.33. The minimum absolute atomic E-state index is 0.202. The van der Waals surface area contributed by atoms with Gasteiger partial charge in [0.25, 0.3) is 5.91 Å². The highest BCUT2D eigenvalue weighted by Gasteiger charge is 2.38. The van der Waals surface area contributed by atoms with Crippen LogP contribution in [0, 0.1) is 5.92 Å². The predicted molar refractivity (Wildman–Crippen MR) is 77.6 cm³/mol. The van der Waals surface area contributed by atoms with E-state index >= 15 is 0 Å². The molecule has 0 bridgehead atoms. The van der Waals surface area contributed by atoms with Gasteiger partial charge >= 0.3 is 0 Å². The molecular weight excluding hydrogens is 256 g/mol. The molecule has 1 aromatic heterocycles. The molecule has 2 saturated heterocycles. The summed E-state index contributed by atoms with van der Waals surface area (Å²) >= 11 is 1.66. The summed E-state index contributed by atoms with van der Waals surface area (Å²) in [5.74, 6) is 0.863. The van der Waals surface area contributed by atoms with Crippen molar-refractivity contribution in [2.45, 2.75) is 12.5 Å². The zero-order valence-electron chi connectivity index (χ0n) is 10.6. The summed E-state index contributed by atoms with van der Waals surface area (Å²) in [6, 6.07) is 8.68. The van der Waals surface area contributed by atoms with Gasteiger partial charge in [0, 0.05) is 34.6 Å². The van der Waals surface area contributed by atoms with Gasteiger partial charge in [-0.25, -0.2) is 0 Å². The van der Waals surface area contributed by atoms with E-state index in [4.69, 9.17) is 0 Å². The standard InChI is InChI=1S/C15H16N2OS/c18-15(17-7-10-5-6-16-13(10)8-17)12-9-19-14-4-2-1-3-11(12)14/h1-4,9-10,13,16H,5-8H2/t10-,13+/m0/s1. The molecule has 0 aliphatic carbocycles. The molecule has 19 heavy (non-hydrogen) atoms. The molecule has 3 heterocycles. The maximum Gasteiger partial charge on any atom is 0.255 e. The van der Waals surface area contributed by atoms with Gasteiger partial charge in [0.1, 0.15) is 0 Å². The van der Waals surface area contributed by atoms with E-state index in [0.29, 0.717) is 12.0 Å². The van der Waals surface area contributed by atoms with E-state index in [0.717, 1.165) is 30.6 Å². The minimum Gasteiger partial charge on any atom is -0.337 e. The lowest BCUT2D eigenvalue weighted by molar-refractivity contribution is 0.0785. The Labute approximate surface area is 116 Å². The van der Waals surface area contributed by atoms with Crippen molar-refractivity contribution < 1.29 is 4.79 Å². The monoisotopic (exact) mass is 272 g/mol. The van der Waals surface area contributed by atoms with Gasteiger partial charge in [-0.15, -0.1) is 11.3 Å². The van der Waals surface area contributed by atoms with Crippen LogP contribution in [0.15, 0.2) is 29.6 Å². The average molecular weight is 272 g/mol. The first-order valence-electron chi connectivity index (χ1n) is 6.82. The van der Waals surface area contributed by atoms with Crippen LogP contribution in [0.5, 0.6) is 0 Å². The Morgan fingerprint density at radius 1 is 1.32 bits per heavy atom. The summed E-state index contributed by atoms with van der Waals surface area (Å²) in [7, 11) is 0. The highest BCUT2D eigenvalue weighted by molar-refractivity contribution is 7.17. The van der Waals surface area contributed by atoms with E-state index in [9.17, 15) is 4.79 Å². The topological polar surface area (TPSA) is 32.3 Å². The molecule has 2 fully saturated rings. The quantitative estimate of drug-likeness (QED) is 0.864. The van der Waals surface area contributed by atoms with Crippen LogP contribution in [0.2, 0.25) is 0 Å². The zero-order chi connectivity index (χ0) is 12.8. The van der Waals surface area contributed by atoms with Gasteiger partial charge in [-0.1, -0.05) is 18.2 Å². The molecule has 4 heteroatoms. The van der Waals surface area contributed by atoms with Crippen molar-refractivity contribution in [1.82, 2.24) is 10.2 Å². The summed E-state index contributed by atoms with van der Waals surface area (Å²) in [4.78, 5) is 14.7. The number of benzene rings is 1. The third-order valence-corrected chi connectivity index (χ3v) is 5.32. The van der Waals surface area contributed by atoms with Crippen molar-refractivity contribution in [2.24, 2.45) is 5.92 Å². The SMILES string of the molecule is O=C(c1csc2ccccc12)N1C[C@@H]2CCN[C@@H]2C1. The third kappa shape index (κ3) is 1.78. The van der Waals surface area contributed by atoms with Crippen LogP contribution in [0.4, 0.5) is 0 Å².